The predicted octanol–water partition coefficient (Wildman–Crippen LogP) is 2.70. The number of nitrogens with one attached hydrogen (secondary N) is 1. The molecule has 1 heterocycles. The van der Waals surface area contributed by atoms with Crippen molar-refractivity contribution in [2.75, 3.05) is 20.3 Å². The molecule has 2 nitrogen and oxygen atoms in total. The van der Waals surface area contributed by atoms with Crippen molar-refractivity contribution in [2.24, 2.45) is 0 Å². The van der Waals surface area contributed by atoms with E-state index in [1.54, 1.807) is 11.3 Å². The lowest BCUT2D eigenvalue weighted by molar-refractivity contribution is 0.111. The third kappa shape index (κ3) is 5.30. The van der Waals surface area contributed by atoms with Crippen LogP contribution in [-0.4, -0.2) is 26.3 Å². The van der Waals surface area contributed by atoms with Crippen molar-refractivity contribution in [3.63, 3.8) is 0 Å². The van der Waals surface area contributed by atoms with E-state index in [1.807, 2.05) is 7.05 Å². The second kappa shape index (κ2) is 7.85. The van der Waals surface area contributed by atoms with Crippen LogP contribution in [0, 0.1) is 0 Å². The van der Waals surface area contributed by atoms with E-state index in [2.05, 4.69) is 29.1 Å². The van der Waals surface area contributed by atoms with E-state index in [1.165, 1.54) is 5.56 Å². The van der Waals surface area contributed by atoms with Crippen molar-refractivity contribution in [1.82, 2.24) is 5.32 Å². The SMILES string of the molecule is CCCOCC(CCc1ccsc1)NC. The Balaban J connectivity index is 2.16. The van der Waals surface area contributed by atoms with Gasteiger partial charge in [0.1, 0.15) is 0 Å². The van der Waals surface area contributed by atoms with Gasteiger partial charge in [0.25, 0.3) is 0 Å². The smallest absolute Gasteiger partial charge is 0.0619 e. The maximum atomic E-state index is 5.55. The highest BCUT2D eigenvalue weighted by Gasteiger charge is 2.06. The summed E-state index contributed by atoms with van der Waals surface area (Å²) in [7, 11) is 2.01. The minimum atomic E-state index is 0.483. The van der Waals surface area contributed by atoms with E-state index >= 15 is 0 Å². The van der Waals surface area contributed by atoms with Gasteiger partial charge in [-0.25, -0.2) is 0 Å². The zero-order valence-corrected chi connectivity index (χ0v) is 10.5. The molecule has 0 bridgehead atoms. The second-order valence-electron chi connectivity index (χ2n) is 3.73. The van der Waals surface area contributed by atoms with Gasteiger partial charge in [-0.15, -0.1) is 0 Å². The van der Waals surface area contributed by atoms with Gasteiger partial charge < -0.3 is 10.1 Å². The summed E-state index contributed by atoms with van der Waals surface area (Å²) in [5.41, 5.74) is 1.44. The van der Waals surface area contributed by atoms with E-state index in [0.717, 1.165) is 32.5 Å². The molecule has 1 aromatic rings. The lowest BCUT2D eigenvalue weighted by Gasteiger charge is -2.15. The van der Waals surface area contributed by atoms with Crippen LogP contribution in [0.1, 0.15) is 25.3 Å². The monoisotopic (exact) mass is 227 g/mol. The highest BCUT2D eigenvalue weighted by Crippen LogP contribution is 2.09. The molecule has 0 aliphatic heterocycles. The minimum Gasteiger partial charge on any atom is -0.380 e. The zero-order chi connectivity index (χ0) is 10.9. The van der Waals surface area contributed by atoms with Crippen molar-refractivity contribution >= 4 is 11.3 Å². The quantitative estimate of drug-likeness (QED) is 0.689. The van der Waals surface area contributed by atoms with Crippen LogP contribution in [-0.2, 0) is 11.2 Å². The number of likely N-dealkylation sites (N-methyl/N-ethyl adjacent to an activating group) is 1. The molecule has 1 aromatic heterocycles. The second-order valence-corrected chi connectivity index (χ2v) is 4.51. The molecule has 0 fully saturated rings. The summed E-state index contributed by atoms with van der Waals surface area (Å²) in [5, 5.41) is 7.66. The Labute approximate surface area is 96.7 Å². The summed E-state index contributed by atoms with van der Waals surface area (Å²) in [6.07, 6.45) is 3.39. The van der Waals surface area contributed by atoms with Crippen molar-refractivity contribution in [1.29, 1.82) is 0 Å². The average molecular weight is 227 g/mol. The van der Waals surface area contributed by atoms with Crippen molar-refractivity contribution in [3.8, 4) is 0 Å². The fourth-order valence-corrected chi connectivity index (χ4v) is 2.16. The van der Waals surface area contributed by atoms with Crippen molar-refractivity contribution in [3.05, 3.63) is 22.4 Å². The maximum Gasteiger partial charge on any atom is 0.0619 e. The van der Waals surface area contributed by atoms with Gasteiger partial charge in [0.2, 0.25) is 0 Å². The van der Waals surface area contributed by atoms with Gasteiger partial charge in [-0.1, -0.05) is 6.92 Å². The lowest BCUT2D eigenvalue weighted by Crippen LogP contribution is -2.31. The topological polar surface area (TPSA) is 21.3 Å². The molecule has 0 radical (unpaired) electrons. The van der Waals surface area contributed by atoms with Gasteiger partial charge in [0.15, 0.2) is 0 Å². The van der Waals surface area contributed by atoms with Gasteiger partial charge in [-0.05, 0) is 48.7 Å². The van der Waals surface area contributed by atoms with Crippen LogP contribution in [0.5, 0.6) is 0 Å². The van der Waals surface area contributed by atoms with Gasteiger partial charge >= 0.3 is 0 Å². The molecule has 1 unspecified atom stereocenters. The Hall–Kier alpha value is -0.380. The molecule has 0 aliphatic carbocycles. The van der Waals surface area contributed by atoms with Crippen LogP contribution < -0.4 is 5.32 Å². The summed E-state index contributed by atoms with van der Waals surface area (Å²) in [4.78, 5) is 0. The van der Waals surface area contributed by atoms with E-state index < -0.39 is 0 Å². The molecule has 0 spiro atoms. The van der Waals surface area contributed by atoms with Gasteiger partial charge in [-0.2, -0.15) is 11.3 Å². The van der Waals surface area contributed by atoms with Crippen molar-refractivity contribution < 1.29 is 4.74 Å². The summed E-state index contributed by atoms with van der Waals surface area (Å²) in [6.45, 7) is 3.84. The van der Waals surface area contributed by atoms with Crippen LogP contribution >= 0.6 is 11.3 Å². The molecule has 0 saturated carbocycles. The van der Waals surface area contributed by atoms with E-state index in [9.17, 15) is 0 Å². The van der Waals surface area contributed by atoms with Gasteiger partial charge in [-0.3, -0.25) is 0 Å². The fourth-order valence-electron chi connectivity index (χ4n) is 1.46. The maximum absolute atomic E-state index is 5.55. The zero-order valence-electron chi connectivity index (χ0n) is 9.66. The first kappa shape index (κ1) is 12.7. The number of rotatable bonds is 8. The van der Waals surface area contributed by atoms with Crippen LogP contribution in [0.3, 0.4) is 0 Å². The Morgan fingerprint density at radius 1 is 1.53 bits per heavy atom. The molecule has 15 heavy (non-hydrogen) atoms. The molecular formula is C12H21NOS. The van der Waals surface area contributed by atoms with Crippen molar-refractivity contribution in [2.45, 2.75) is 32.2 Å². The molecule has 1 rings (SSSR count). The molecule has 86 valence electrons. The van der Waals surface area contributed by atoms with E-state index in [0.29, 0.717) is 6.04 Å². The highest BCUT2D eigenvalue weighted by molar-refractivity contribution is 7.07. The first-order valence-electron chi connectivity index (χ1n) is 5.63. The first-order chi connectivity index (χ1) is 7.36. The number of hydrogen-bond donors (Lipinski definition) is 1. The molecule has 0 aliphatic rings. The summed E-state index contributed by atoms with van der Waals surface area (Å²) >= 11 is 1.77. The lowest BCUT2D eigenvalue weighted by atomic mass is 10.1. The number of aryl methyl sites for hydroxylation is 1. The molecule has 0 saturated heterocycles. The van der Waals surface area contributed by atoms with Crippen LogP contribution in [0.4, 0.5) is 0 Å². The number of ether oxygens (including phenoxy) is 1. The first-order valence-corrected chi connectivity index (χ1v) is 6.57. The summed E-state index contributed by atoms with van der Waals surface area (Å²) < 4.78 is 5.55. The highest BCUT2D eigenvalue weighted by atomic mass is 32.1. The Morgan fingerprint density at radius 2 is 2.40 bits per heavy atom. The molecule has 3 heteroatoms. The van der Waals surface area contributed by atoms with Crippen LogP contribution in [0.25, 0.3) is 0 Å². The van der Waals surface area contributed by atoms with E-state index in [-0.39, 0.29) is 0 Å². The minimum absolute atomic E-state index is 0.483. The molecule has 0 amide bonds. The third-order valence-electron chi connectivity index (χ3n) is 2.44. The summed E-state index contributed by atoms with van der Waals surface area (Å²) in [5.74, 6) is 0. The van der Waals surface area contributed by atoms with Crippen LogP contribution in [0.2, 0.25) is 0 Å². The molecular weight excluding hydrogens is 206 g/mol. The Morgan fingerprint density at radius 3 is 3.00 bits per heavy atom. The normalized spacial score (nSPS) is 12.9. The third-order valence-corrected chi connectivity index (χ3v) is 3.17. The summed E-state index contributed by atoms with van der Waals surface area (Å²) in [6, 6.07) is 2.68. The standard InChI is InChI=1S/C12H21NOS/c1-3-7-14-9-12(13-2)5-4-11-6-8-15-10-11/h6,8,10,12-13H,3-5,7,9H2,1-2H3. The Kier molecular flexibility index (Phi) is 6.64. The average Bonchev–Trinajstić information content (AvgIpc) is 2.76. The van der Waals surface area contributed by atoms with Gasteiger partial charge in [0, 0.05) is 12.6 Å². The number of thiophene rings is 1. The number of hydrogen-bond acceptors (Lipinski definition) is 3. The molecule has 1 N–H and O–H groups in total. The largest absolute Gasteiger partial charge is 0.380 e. The van der Waals surface area contributed by atoms with Crippen LogP contribution in [0.15, 0.2) is 16.8 Å². The molecule has 0 aromatic carbocycles. The van der Waals surface area contributed by atoms with Gasteiger partial charge in [0.05, 0.1) is 6.61 Å². The van der Waals surface area contributed by atoms with E-state index in [4.69, 9.17) is 4.74 Å². The Bertz CT molecular complexity index is 236. The predicted molar refractivity (Wildman–Crippen MR) is 66.6 cm³/mol. The molecule has 1 atom stereocenters. The fraction of sp³-hybridized carbons (Fsp3) is 0.667.